The minimum atomic E-state index is -3.88. The standard InChI is InChI=1S/C8H13N3O5S/c1-4-7(5(2)16-11-4)17(14,15)10-3-6(12)8(9)13/h6,10,12H,3H2,1-2H3,(H2,9,13). The summed E-state index contributed by atoms with van der Waals surface area (Å²) in [6.45, 7) is 2.41. The fourth-order valence-electron chi connectivity index (χ4n) is 1.22. The van der Waals surface area contributed by atoms with Gasteiger partial charge in [-0.3, -0.25) is 4.79 Å². The zero-order chi connectivity index (χ0) is 13.2. The molecule has 0 aromatic carbocycles. The van der Waals surface area contributed by atoms with E-state index in [1.807, 2.05) is 4.72 Å². The van der Waals surface area contributed by atoms with Crippen LogP contribution in [0.2, 0.25) is 0 Å². The van der Waals surface area contributed by atoms with Crippen LogP contribution in [0.3, 0.4) is 0 Å². The predicted molar refractivity (Wildman–Crippen MR) is 56.4 cm³/mol. The first-order valence-electron chi connectivity index (χ1n) is 4.65. The molecule has 4 N–H and O–H groups in total. The first-order valence-corrected chi connectivity index (χ1v) is 6.14. The molecule has 0 aliphatic rings. The molecule has 0 saturated carbocycles. The minimum absolute atomic E-state index is 0.103. The maximum Gasteiger partial charge on any atom is 0.247 e. The van der Waals surface area contributed by atoms with Gasteiger partial charge in [-0.2, -0.15) is 0 Å². The number of nitrogens with two attached hydrogens (primary N) is 1. The number of nitrogens with zero attached hydrogens (tertiary/aromatic N) is 1. The molecule has 8 nitrogen and oxygen atoms in total. The number of sulfonamides is 1. The number of aliphatic hydroxyl groups is 1. The molecule has 0 radical (unpaired) electrons. The van der Waals surface area contributed by atoms with E-state index in [4.69, 9.17) is 15.4 Å². The molecule has 0 saturated heterocycles. The number of carbonyl (C=O) groups excluding carboxylic acids is 1. The minimum Gasteiger partial charge on any atom is -0.382 e. The van der Waals surface area contributed by atoms with E-state index in [2.05, 4.69) is 5.16 Å². The molecule has 0 aliphatic carbocycles. The summed E-state index contributed by atoms with van der Waals surface area (Å²) in [4.78, 5) is 10.4. The quantitative estimate of drug-likeness (QED) is 0.586. The van der Waals surface area contributed by atoms with Crippen LogP contribution in [0.1, 0.15) is 11.5 Å². The largest absolute Gasteiger partial charge is 0.382 e. The first-order chi connectivity index (χ1) is 7.75. The van der Waals surface area contributed by atoms with Gasteiger partial charge in [-0.1, -0.05) is 5.16 Å². The summed E-state index contributed by atoms with van der Waals surface area (Å²) >= 11 is 0. The molecule has 1 aromatic heterocycles. The van der Waals surface area contributed by atoms with Gasteiger partial charge < -0.3 is 15.4 Å². The number of primary amides is 1. The Hall–Kier alpha value is -1.45. The van der Waals surface area contributed by atoms with Gasteiger partial charge in [0.15, 0.2) is 5.76 Å². The summed E-state index contributed by atoms with van der Waals surface area (Å²) in [5.74, 6) is -0.880. The number of carbonyl (C=O) groups is 1. The number of rotatable bonds is 5. The number of amides is 1. The second kappa shape index (κ2) is 4.82. The summed E-state index contributed by atoms with van der Waals surface area (Å²) in [5.41, 5.74) is 4.99. The Morgan fingerprint density at radius 1 is 1.59 bits per heavy atom. The topological polar surface area (TPSA) is 136 Å². The molecule has 0 aliphatic heterocycles. The van der Waals surface area contributed by atoms with Crippen molar-refractivity contribution in [3.05, 3.63) is 11.5 Å². The lowest BCUT2D eigenvalue weighted by molar-refractivity contribution is -0.125. The molecule has 0 fully saturated rings. The van der Waals surface area contributed by atoms with Gasteiger partial charge in [-0.25, -0.2) is 13.1 Å². The van der Waals surface area contributed by atoms with Crippen molar-refractivity contribution in [2.75, 3.05) is 6.54 Å². The molecule has 1 rings (SSSR count). The number of nitrogens with one attached hydrogen (secondary N) is 1. The monoisotopic (exact) mass is 263 g/mol. The van der Waals surface area contributed by atoms with Crippen LogP contribution in [-0.2, 0) is 14.8 Å². The summed E-state index contributed by atoms with van der Waals surface area (Å²) in [6.07, 6.45) is -1.58. The molecular weight excluding hydrogens is 250 g/mol. The van der Waals surface area contributed by atoms with Crippen LogP contribution in [0.15, 0.2) is 9.42 Å². The van der Waals surface area contributed by atoms with E-state index in [0.29, 0.717) is 0 Å². The third kappa shape index (κ3) is 3.02. The van der Waals surface area contributed by atoms with Crippen LogP contribution < -0.4 is 10.5 Å². The zero-order valence-corrected chi connectivity index (χ0v) is 10.1. The van der Waals surface area contributed by atoms with E-state index < -0.39 is 28.6 Å². The highest BCUT2D eigenvalue weighted by atomic mass is 32.2. The Bertz CT molecular complexity index is 502. The van der Waals surface area contributed by atoms with Gasteiger partial charge in [0.05, 0.1) is 0 Å². The van der Waals surface area contributed by atoms with Crippen LogP contribution in [0.25, 0.3) is 0 Å². The van der Waals surface area contributed by atoms with Crippen molar-refractivity contribution in [3.63, 3.8) is 0 Å². The van der Waals surface area contributed by atoms with Crippen molar-refractivity contribution >= 4 is 15.9 Å². The molecule has 1 aromatic rings. The van der Waals surface area contributed by atoms with E-state index in [1.165, 1.54) is 13.8 Å². The Balaban J connectivity index is 2.87. The fourth-order valence-corrected chi connectivity index (χ4v) is 2.58. The van der Waals surface area contributed by atoms with Gasteiger partial charge in [0.1, 0.15) is 16.7 Å². The summed E-state index contributed by atoms with van der Waals surface area (Å²) in [7, 11) is -3.88. The molecule has 1 amide bonds. The van der Waals surface area contributed by atoms with E-state index in [1.54, 1.807) is 0 Å². The van der Waals surface area contributed by atoms with Crippen molar-refractivity contribution in [2.24, 2.45) is 5.73 Å². The summed E-state index contributed by atoms with van der Waals surface area (Å²) in [6, 6.07) is 0. The highest BCUT2D eigenvalue weighted by Gasteiger charge is 2.25. The molecule has 0 bridgehead atoms. The Morgan fingerprint density at radius 3 is 2.59 bits per heavy atom. The van der Waals surface area contributed by atoms with Gasteiger partial charge in [0.25, 0.3) is 0 Å². The lowest BCUT2D eigenvalue weighted by atomic mass is 10.3. The van der Waals surface area contributed by atoms with Crippen molar-refractivity contribution in [1.82, 2.24) is 9.88 Å². The van der Waals surface area contributed by atoms with Crippen LogP contribution in [0.5, 0.6) is 0 Å². The van der Waals surface area contributed by atoms with E-state index in [0.717, 1.165) is 0 Å². The molecule has 17 heavy (non-hydrogen) atoms. The first kappa shape index (κ1) is 13.6. The highest BCUT2D eigenvalue weighted by molar-refractivity contribution is 7.89. The van der Waals surface area contributed by atoms with Crippen molar-refractivity contribution < 1.29 is 22.8 Å². The number of hydrogen-bond acceptors (Lipinski definition) is 6. The second-order valence-electron chi connectivity index (χ2n) is 3.42. The van der Waals surface area contributed by atoms with Gasteiger partial charge in [0.2, 0.25) is 15.9 Å². The Morgan fingerprint density at radius 2 is 2.18 bits per heavy atom. The zero-order valence-electron chi connectivity index (χ0n) is 9.30. The maximum absolute atomic E-state index is 11.8. The lowest BCUT2D eigenvalue weighted by Gasteiger charge is -2.08. The van der Waals surface area contributed by atoms with Crippen LogP contribution >= 0.6 is 0 Å². The predicted octanol–water partition coefficient (Wildman–Crippen LogP) is -1.58. The van der Waals surface area contributed by atoms with Crippen LogP contribution in [0, 0.1) is 13.8 Å². The van der Waals surface area contributed by atoms with Crippen molar-refractivity contribution in [3.8, 4) is 0 Å². The molecule has 1 unspecified atom stereocenters. The second-order valence-corrected chi connectivity index (χ2v) is 5.13. The molecule has 1 heterocycles. The average molecular weight is 263 g/mol. The summed E-state index contributed by atoms with van der Waals surface area (Å²) < 4.78 is 30.3. The van der Waals surface area contributed by atoms with Gasteiger partial charge >= 0.3 is 0 Å². The van der Waals surface area contributed by atoms with Crippen LogP contribution in [-0.4, -0.2) is 37.2 Å². The summed E-state index contributed by atoms with van der Waals surface area (Å²) in [5, 5.41) is 12.6. The van der Waals surface area contributed by atoms with Crippen LogP contribution in [0.4, 0.5) is 0 Å². The third-order valence-electron chi connectivity index (χ3n) is 2.03. The van der Waals surface area contributed by atoms with E-state index in [9.17, 15) is 13.2 Å². The van der Waals surface area contributed by atoms with E-state index >= 15 is 0 Å². The maximum atomic E-state index is 11.8. The van der Waals surface area contributed by atoms with Gasteiger partial charge in [-0.15, -0.1) is 0 Å². The van der Waals surface area contributed by atoms with Gasteiger partial charge in [-0.05, 0) is 13.8 Å². The molecule has 96 valence electrons. The smallest absolute Gasteiger partial charge is 0.247 e. The number of aliphatic hydroxyl groups excluding tert-OH is 1. The molecular formula is C8H13N3O5S. The number of aromatic nitrogens is 1. The van der Waals surface area contributed by atoms with Crippen molar-refractivity contribution in [1.29, 1.82) is 0 Å². The average Bonchev–Trinajstić information content (AvgIpc) is 2.55. The normalized spacial score (nSPS) is 13.6. The molecule has 1 atom stereocenters. The number of hydrogen-bond donors (Lipinski definition) is 3. The number of aryl methyl sites for hydroxylation is 2. The van der Waals surface area contributed by atoms with Gasteiger partial charge in [0, 0.05) is 6.54 Å². The van der Waals surface area contributed by atoms with E-state index in [-0.39, 0.29) is 16.3 Å². The Kier molecular flexibility index (Phi) is 3.86. The van der Waals surface area contributed by atoms with Crippen molar-refractivity contribution in [2.45, 2.75) is 24.8 Å². The Labute approximate surface area is 97.8 Å². The third-order valence-corrected chi connectivity index (χ3v) is 3.70. The molecule has 0 spiro atoms. The SMILES string of the molecule is Cc1noc(C)c1S(=O)(=O)NCC(O)C(N)=O. The molecule has 9 heteroatoms. The lowest BCUT2D eigenvalue weighted by Crippen LogP contribution is -2.40. The highest BCUT2D eigenvalue weighted by Crippen LogP contribution is 2.18. The fraction of sp³-hybridized carbons (Fsp3) is 0.500.